The Morgan fingerprint density at radius 1 is 0.974 bits per heavy atom. The number of hydrogen-bond donors (Lipinski definition) is 1. The number of methoxy groups -OCH3 is 1. The van der Waals surface area contributed by atoms with Gasteiger partial charge in [0, 0.05) is 18.7 Å². The highest BCUT2D eigenvalue weighted by Gasteiger charge is 2.50. The Hall–Kier alpha value is -4.52. The van der Waals surface area contributed by atoms with Crippen LogP contribution in [0, 0.1) is 16.7 Å². The molecule has 1 unspecified atom stereocenters. The summed E-state index contributed by atoms with van der Waals surface area (Å²) in [5.74, 6) is -0.729. The molecule has 1 atom stereocenters. The number of rotatable bonds is 7. The molecule has 4 rings (SSSR count). The second-order valence-electron chi connectivity index (χ2n) is 8.94. The van der Waals surface area contributed by atoms with Crippen molar-refractivity contribution < 1.29 is 32.2 Å². The third kappa shape index (κ3) is 6.06. The van der Waals surface area contributed by atoms with Gasteiger partial charge >= 0.3 is 6.30 Å². The maximum atomic E-state index is 13.1. The van der Waals surface area contributed by atoms with Crippen molar-refractivity contribution in [2.24, 2.45) is 5.41 Å². The fourth-order valence-corrected chi connectivity index (χ4v) is 4.29. The summed E-state index contributed by atoms with van der Waals surface area (Å²) in [5, 5.41) is 10.0. The van der Waals surface area contributed by atoms with Crippen LogP contribution in [-0.4, -0.2) is 49.8 Å². The average molecular weight is 524 g/mol. The molecule has 3 aromatic carbocycles. The van der Waals surface area contributed by atoms with Crippen molar-refractivity contribution in [1.29, 1.82) is 5.26 Å². The van der Waals surface area contributed by atoms with E-state index in [4.69, 9.17) is 14.7 Å². The Bertz CT molecular complexity index is 1330. The van der Waals surface area contributed by atoms with E-state index in [1.54, 1.807) is 72.8 Å². The standard InChI is InChI=1S/C28H24F3N3O4/c1-37-23-10-8-22(9-11-23)25(35)34-15-14-27(17-34,26(36)33-28(29,30)31)18-38-24-12-6-21(7-13-24)20-4-2-19(16-32)3-5-20/h2-13H,14-15,17-18H2,1H3,(H,33,36). The molecule has 1 saturated heterocycles. The maximum absolute atomic E-state index is 13.1. The SMILES string of the molecule is COc1ccc(C(=O)N2CCC(COc3ccc(-c4ccc(C#N)cc4)cc3)(C(=O)NC(F)(F)F)C2)cc1. The van der Waals surface area contributed by atoms with E-state index < -0.39 is 23.5 Å². The third-order valence-corrected chi connectivity index (χ3v) is 6.43. The van der Waals surface area contributed by atoms with Gasteiger partial charge < -0.3 is 14.4 Å². The summed E-state index contributed by atoms with van der Waals surface area (Å²) in [6, 6.07) is 22.2. The number of halogens is 3. The van der Waals surface area contributed by atoms with Crippen LogP contribution < -0.4 is 14.8 Å². The van der Waals surface area contributed by atoms with E-state index >= 15 is 0 Å². The Morgan fingerprint density at radius 3 is 2.11 bits per heavy atom. The lowest BCUT2D eigenvalue weighted by molar-refractivity contribution is -0.176. The van der Waals surface area contributed by atoms with Crippen LogP contribution in [0.4, 0.5) is 13.2 Å². The summed E-state index contributed by atoms with van der Waals surface area (Å²) < 4.78 is 50.0. The molecular weight excluding hydrogens is 499 g/mol. The molecule has 1 N–H and O–H groups in total. The number of carbonyl (C=O) groups is 2. The largest absolute Gasteiger partial charge is 0.497 e. The molecule has 1 aliphatic heterocycles. The quantitative estimate of drug-likeness (QED) is 0.450. The Morgan fingerprint density at radius 2 is 1.55 bits per heavy atom. The Balaban J connectivity index is 1.49. The third-order valence-electron chi connectivity index (χ3n) is 6.43. The molecule has 2 amide bonds. The van der Waals surface area contributed by atoms with Gasteiger partial charge in [0.05, 0.1) is 18.7 Å². The maximum Gasteiger partial charge on any atom is 0.484 e. The van der Waals surface area contributed by atoms with Crippen LogP contribution in [0.5, 0.6) is 11.5 Å². The van der Waals surface area contributed by atoms with Crippen molar-refractivity contribution in [1.82, 2.24) is 10.2 Å². The molecule has 10 heteroatoms. The van der Waals surface area contributed by atoms with Crippen LogP contribution in [0.1, 0.15) is 22.3 Å². The monoisotopic (exact) mass is 523 g/mol. The number of benzene rings is 3. The summed E-state index contributed by atoms with van der Waals surface area (Å²) in [4.78, 5) is 27.2. The van der Waals surface area contributed by atoms with Gasteiger partial charge in [-0.15, -0.1) is 0 Å². The first-order valence-corrected chi connectivity index (χ1v) is 11.7. The number of likely N-dealkylation sites (tertiary alicyclic amines) is 1. The molecule has 0 bridgehead atoms. The second kappa shape index (κ2) is 10.8. The van der Waals surface area contributed by atoms with E-state index in [-0.39, 0.29) is 26.1 Å². The number of hydrogen-bond acceptors (Lipinski definition) is 5. The van der Waals surface area contributed by atoms with Crippen LogP contribution in [-0.2, 0) is 4.79 Å². The number of amides is 2. The van der Waals surface area contributed by atoms with Gasteiger partial charge in [0.15, 0.2) is 0 Å². The second-order valence-corrected chi connectivity index (χ2v) is 8.94. The highest BCUT2D eigenvalue weighted by atomic mass is 19.4. The summed E-state index contributed by atoms with van der Waals surface area (Å²) in [6.07, 6.45) is -4.92. The lowest BCUT2D eigenvalue weighted by atomic mass is 9.87. The summed E-state index contributed by atoms with van der Waals surface area (Å²) >= 11 is 0. The minimum Gasteiger partial charge on any atom is -0.497 e. The molecule has 0 spiro atoms. The van der Waals surface area contributed by atoms with E-state index in [2.05, 4.69) is 6.07 Å². The summed E-state index contributed by atoms with van der Waals surface area (Å²) in [7, 11) is 1.49. The van der Waals surface area contributed by atoms with Crippen LogP contribution in [0.3, 0.4) is 0 Å². The van der Waals surface area contributed by atoms with Gasteiger partial charge in [0.1, 0.15) is 23.5 Å². The lowest BCUT2D eigenvalue weighted by Crippen LogP contribution is -2.51. The first-order chi connectivity index (χ1) is 18.1. The van der Waals surface area contributed by atoms with E-state index in [9.17, 15) is 22.8 Å². The minimum absolute atomic E-state index is 0.000132. The fourth-order valence-electron chi connectivity index (χ4n) is 4.29. The van der Waals surface area contributed by atoms with E-state index in [1.165, 1.54) is 12.0 Å². The van der Waals surface area contributed by atoms with Gasteiger partial charge in [0.2, 0.25) is 5.91 Å². The predicted molar refractivity (Wildman–Crippen MR) is 132 cm³/mol. The van der Waals surface area contributed by atoms with Crippen molar-refractivity contribution >= 4 is 11.8 Å². The molecule has 0 saturated carbocycles. The molecule has 0 aromatic heterocycles. The van der Waals surface area contributed by atoms with E-state index in [0.29, 0.717) is 22.6 Å². The molecule has 1 aliphatic rings. The number of alkyl halides is 3. The van der Waals surface area contributed by atoms with E-state index in [0.717, 1.165) is 16.4 Å². The normalized spacial score (nSPS) is 17.0. The number of nitriles is 1. The van der Waals surface area contributed by atoms with Gasteiger partial charge in [-0.3, -0.25) is 14.9 Å². The van der Waals surface area contributed by atoms with E-state index in [1.807, 2.05) is 0 Å². The van der Waals surface area contributed by atoms with Crippen LogP contribution in [0.25, 0.3) is 11.1 Å². The highest BCUT2D eigenvalue weighted by Crippen LogP contribution is 2.34. The fraction of sp³-hybridized carbons (Fsp3) is 0.250. The molecule has 38 heavy (non-hydrogen) atoms. The summed E-state index contributed by atoms with van der Waals surface area (Å²) in [5.41, 5.74) is 0.997. The van der Waals surface area contributed by atoms with Gasteiger partial charge in [0.25, 0.3) is 5.91 Å². The van der Waals surface area contributed by atoms with Crippen molar-refractivity contribution in [3.05, 3.63) is 83.9 Å². The van der Waals surface area contributed by atoms with Gasteiger partial charge in [-0.1, -0.05) is 24.3 Å². The van der Waals surface area contributed by atoms with Gasteiger partial charge in [-0.25, -0.2) is 0 Å². The zero-order valence-electron chi connectivity index (χ0n) is 20.4. The number of nitrogens with one attached hydrogen (secondary N) is 1. The molecule has 0 aliphatic carbocycles. The van der Waals surface area contributed by atoms with Crippen LogP contribution >= 0.6 is 0 Å². The average Bonchev–Trinajstić information content (AvgIpc) is 3.37. The summed E-state index contributed by atoms with van der Waals surface area (Å²) in [6.45, 7) is -0.488. The predicted octanol–water partition coefficient (Wildman–Crippen LogP) is 4.78. The smallest absolute Gasteiger partial charge is 0.484 e. The first-order valence-electron chi connectivity index (χ1n) is 11.7. The molecule has 3 aromatic rings. The molecule has 0 radical (unpaired) electrons. The number of nitrogens with zero attached hydrogens (tertiary/aromatic N) is 2. The zero-order valence-corrected chi connectivity index (χ0v) is 20.4. The highest BCUT2D eigenvalue weighted by molar-refractivity contribution is 5.95. The zero-order chi connectivity index (χ0) is 27.3. The van der Waals surface area contributed by atoms with Crippen LogP contribution in [0.15, 0.2) is 72.8 Å². The van der Waals surface area contributed by atoms with Crippen molar-refractivity contribution in [2.45, 2.75) is 12.7 Å². The van der Waals surface area contributed by atoms with Gasteiger partial charge in [-0.2, -0.15) is 18.4 Å². The first kappa shape index (κ1) is 26.5. The number of carbonyl (C=O) groups excluding carboxylic acids is 2. The minimum atomic E-state index is -4.92. The molecule has 196 valence electrons. The molecule has 1 heterocycles. The van der Waals surface area contributed by atoms with Crippen molar-refractivity contribution in [3.8, 4) is 28.7 Å². The van der Waals surface area contributed by atoms with Crippen molar-refractivity contribution in [3.63, 3.8) is 0 Å². The topological polar surface area (TPSA) is 91.7 Å². The Labute approximate surface area is 217 Å². The Kier molecular flexibility index (Phi) is 7.57. The molecular formula is C28H24F3N3O4. The van der Waals surface area contributed by atoms with Crippen molar-refractivity contribution in [2.75, 3.05) is 26.8 Å². The van der Waals surface area contributed by atoms with Gasteiger partial charge in [-0.05, 0) is 66.1 Å². The molecule has 7 nitrogen and oxygen atoms in total. The molecule has 1 fully saturated rings. The number of ether oxygens (including phenoxy) is 2. The van der Waals surface area contributed by atoms with Crippen LogP contribution in [0.2, 0.25) is 0 Å². The lowest BCUT2D eigenvalue weighted by Gasteiger charge is -2.28.